The standard InChI is InChI=1S/C11H15BrClNO4S/c1-7(11(17-2)18-3)14-19(15,16)10-5-4-8(12)6-9(10)13/h4-7,11,14H,1-3H3. The van der Waals surface area contributed by atoms with Crippen molar-refractivity contribution in [2.75, 3.05) is 14.2 Å². The van der Waals surface area contributed by atoms with Crippen LogP contribution in [-0.2, 0) is 19.5 Å². The predicted octanol–water partition coefficient (Wildman–Crippen LogP) is 2.39. The van der Waals surface area contributed by atoms with Gasteiger partial charge in [0.1, 0.15) is 4.90 Å². The molecule has 0 aliphatic heterocycles. The third-order valence-corrected chi connectivity index (χ3v) is 4.93. The molecular formula is C11H15BrClNO4S. The highest BCUT2D eigenvalue weighted by Crippen LogP contribution is 2.25. The summed E-state index contributed by atoms with van der Waals surface area (Å²) in [5.74, 6) is 0. The smallest absolute Gasteiger partial charge is 0.242 e. The van der Waals surface area contributed by atoms with Gasteiger partial charge in [-0.2, -0.15) is 0 Å². The number of hydrogen-bond acceptors (Lipinski definition) is 4. The molecule has 1 rings (SSSR count). The van der Waals surface area contributed by atoms with Gasteiger partial charge in [-0.1, -0.05) is 27.5 Å². The highest BCUT2D eigenvalue weighted by atomic mass is 79.9. The van der Waals surface area contributed by atoms with Crippen molar-refractivity contribution in [2.24, 2.45) is 0 Å². The summed E-state index contributed by atoms with van der Waals surface area (Å²) in [6.07, 6.45) is -0.677. The zero-order valence-corrected chi connectivity index (χ0v) is 13.8. The molecule has 8 heteroatoms. The maximum absolute atomic E-state index is 12.2. The highest BCUT2D eigenvalue weighted by Gasteiger charge is 2.25. The number of hydrogen-bond donors (Lipinski definition) is 1. The van der Waals surface area contributed by atoms with Crippen molar-refractivity contribution in [3.8, 4) is 0 Å². The van der Waals surface area contributed by atoms with E-state index in [1.807, 2.05) is 0 Å². The summed E-state index contributed by atoms with van der Waals surface area (Å²) in [4.78, 5) is 0.00942. The molecule has 0 saturated heterocycles. The number of rotatable bonds is 6. The summed E-state index contributed by atoms with van der Waals surface area (Å²) in [5, 5.41) is 0.139. The summed E-state index contributed by atoms with van der Waals surface area (Å²) in [6.45, 7) is 1.64. The third-order valence-electron chi connectivity index (χ3n) is 2.40. The number of benzene rings is 1. The first-order chi connectivity index (χ1) is 8.81. The van der Waals surface area contributed by atoms with Crippen molar-refractivity contribution in [1.82, 2.24) is 4.72 Å². The van der Waals surface area contributed by atoms with Crippen LogP contribution in [0.2, 0.25) is 5.02 Å². The Morgan fingerprint density at radius 1 is 1.32 bits per heavy atom. The van der Waals surface area contributed by atoms with E-state index in [1.165, 1.54) is 26.4 Å². The quantitative estimate of drug-likeness (QED) is 0.779. The van der Waals surface area contributed by atoms with Gasteiger partial charge < -0.3 is 9.47 Å². The molecule has 1 unspecified atom stereocenters. The van der Waals surface area contributed by atoms with E-state index in [4.69, 9.17) is 21.1 Å². The van der Waals surface area contributed by atoms with E-state index >= 15 is 0 Å². The molecule has 0 heterocycles. The zero-order chi connectivity index (χ0) is 14.6. The lowest BCUT2D eigenvalue weighted by Gasteiger charge is -2.22. The molecule has 0 bridgehead atoms. The van der Waals surface area contributed by atoms with Crippen LogP contribution in [-0.4, -0.2) is 35.0 Å². The van der Waals surface area contributed by atoms with Crippen LogP contribution in [0.1, 0.15) is 6.92 Å². The van der Waals surface area contributed by atoms with E-state index in [0.29, 0.717) is 4.47 Å². The molecule has 5 nitrogen and oxygen atoms in total. The van der Waals surface area contributed by atoms with Gasteiger partial charge in [0.25, 0.3) is 0 Å². The van der Waals surface area contributed by atoms with Gasteiger partial charge in [0.2, 0.25) is 10.0 Å². The van der Waals surface area contributed by atoms with Crippen LogP contribution in [0.4, 0.5) is 0 Å². The molecule has 0 aromatic heterocycles. The number of methoxy groups -OCH3 is 2. The zero-order valence-electron chi connectivity index (χ0n) is 10.7. The summed E-state index contributed by atoms with van der Waals surface area (Å²) >= 11 is 9.15. The molecule has 0 aliphatic rings. The second kappa shape index (κ2) is 7.01. The van der Waals surface area contributed by atoms with E-state index in [9.17, 15) is 8.42 Å². The van der Waals surface area contributed by atoms with E-state index in [1.54, 1.807) is 13.0 Å². The first-order valence-electron chi connectivity index (χ1n) is 5.34. The van der Waals surface area contributed by atoms with Crippen molar-refractivity contribution < 1.29 is 17.9 Å². The summed E-state index contributed by atoms with van der Waals surface area (Å²) < 4.78 is 37.5. The van der Waals surface area contributed by atoms with Crippen LogP contribution in [0, 0.1) is 0 Å². The van der Waals surface area contributed by atoms with E-state index in [2.05, 4.69) is 20.7 Å². The molecule has 19 heavy (non-hydrogen) atoms. The van der Waals surface area contributed by atoms with Crippen molar-refractivity contribution in [1.29, 1.82) is 0 Å². The largest absolute Gasteiger partial charge is 0.354 e. The minimum Gasteiger partial charge on any atom is -0.354 e. The van der Waals surface area contributed by atoms with Crippen molar-refractivity contribution in [3.05, 3.63) is 27.7 Å². The predicted molar refractivity (Wildman–Crippen MR) is 76.7 cm³/mol. The number of sulfonamides is 1. The Morgan fingerprint density at radius 2 is 1.89 bits per heavy atom. The Balaban J connectivity index is 2.98. The Bertz CT molecular complexity index is 533. The van der Waals surface area contributed by atoms with Gasteiger partial charge in [-0.3, -0.25) is 0 Å². The number of halogens is 2. The van der Waals surface area contributed by atoms with Gasteiger partial charge in [-0.05, 0) is 25.1 Å². The molecule has 1 N–H and O–H groups in total. The third kappa shape index (κ3) is 4.40. The van der Waals surface area contributed by atoms with Crippen LogP contribution in [0.25, 0.3) is 0 Å². The number of ether oxygens (including phenoxy) is 2. The van der Waals surface area contributed by atoms with Gasteiger partial charge in [-0.15, -0.1) is 0 Å². The van der Waals surface area contributed by atoms with E-state index < -0.39 is 22.4 Å². The van der Waals surface area contributed by atoms with Crippen LogP contribution in [0.15, 0.2) is 27.6 Å². The van der Waals surface area contributed by atoms with Crippen molar-refractivity contribution in [3.63, 3.8) is 0 Å². The highest BCUT2D eigenvalue weighted by molar-refractivity contribution is 9.10. The average molecular weight is 373 g/mol. The van der Waals surface area contributed by atoms with Crippen LogP contribution < -0.4 is 4.72 Å². The molecule has 0 fully saturated rings. The molecule has 0 radical (unpaired) electrons. The molecule has 0 aliphatic carbocycles. The summed E-state index contributed by atoms with van der Waals surface area (Å²) in [5.41, 5.74) is 0. The topological polar surface area (TPSA) is 64.6 Å². The second-order valence-electron chi connectivity index (χ2n) is 3.82. The van der Waals surface area contributed by atoms with Gasteiger partial charge in [-0.25, -0.2) is 13.1 Å². The fraction of sp³-hybridized carbons (Fsp3) is 0.455. The molecular weight excluding hydrogens is 358 g/mol. The molecule has 108 valence electrons. The minimum absolute atomic E-state index is 0.00942. The minimum atomic E-state index is -3.73. The lowest BCUT2D eigenvalue weighted by atomic mass is 10.3. The Morgan fingerprint density at radius 3 is 2.37 bits per heavy atom. The first-order valence-corrected chi connectivity index (χ1v) is 8.00. The Labute approximate surface area is 126 Å². The van der Waals surface area contributed by atoms with E-state index in [0.717, 1.165) is 0 Å². The maximum Gasteiger partial charge on any atom is 0.242 e. The van der Waals surface area contributed by atoms with Crippen LogP contribution >= 0.6 is 27.5 Å². The van der Waals surface area contributed by atoms with Gasteiger partial charge in [0.05, 0.1) is 11.1 Å². The molecule has 1 atom stereocenters. The fourth-order valence-electron chi connectivity index (χ4n) is 1.56. The summed E-state index contributed by atoms with van der Waals surface area (Å²) in [6, 6.07) is 4.00. The molecule has 0 saturated carbocycles. The van der Waals surface area contributed by atoms with Crippen LogP contribution in [0.5, 0.6) is 0 Å². The first kappa shape index (κ1) is 16.9. The average Bonchev–Trinajstić information content (AvgIpc) is 2.29. The summed E-state index contributed by atoms with van der Waals surface area (Å²) in [7, 11) is -0.863. The lowest BCUT2D eigenvalue weighted by molar-refractivity contribution is -0.115. The number of nitrogens with one attached hydrogen (secondary N) is 1. The molecule has 1 aromatic rings. The molecule has 0 spiro atoms. The maximum atomic E-state index is 12.2. The lowest BCUT2D eigenvalue weighted by Crippen LogP contribution is -2.42. The Kier molecular flexibility index (Phi) is 6.22. The second-order valence-corrected chi connectivity index (χ2v) is 6.83. The van der Waals surface area contributed by atoms with Crippen molar-refractivity contribution >= 4 is 37.6 Å². The normalized spacial score (nSPS) is 13.8. The van der Waals surface area contributed by atoms with Crippen molar-refractivity contribution in [2.45, 2.75) is 24.2 Å². The Hall–Kier alpha value is -0.180. The van der Waals surface area contributed by atoms with Gasteiger partial charge >= 0.3 is 0 Å². The fourth-order valence-corrected chi connectivity index (χ4v) is 3.83. The van der Waals surface area contributed by atoms with E-state index in [-0.39, 0.29) is 9.92 Å². The van der Waals surface area contributed by atoms with Gasteiger partial charge in [0, 0.05) is 18.7 Å². The monoisotopic (exact) mass is 371 g/mol. The molecule has 0 amide bonds. The van der Waals surface area contributed by atoms with Crippen LogP contribution in [0.3, 0.4) is 0 Å². The molecule has 1 aromatic carbocycles. The SMILES string of the molecule is COC(OC)C(C)NS(=O)(=O)c1ccc(Br)cc1Cl. The van der Waals surface area contributed by atoms with Gasteiger partial charge in [0.15, 0.2) is 6.29 Å².